The molecule has 0 bridgehead atoms. The fourth-order valence-corrected chi connectivity index (χ4v) is 6.20. The van der Waals surface area contributed by atoms with Gasteiger partial charge in [0, 0.05) is 34.0 Å². The van der Waals surface area contributed by atoms with Gasteiger partial charge in [-0.2, -0.15) is 0 Å². The smallest absolute Gasteiger partial charge is 0.174 e. The van der Waals surface area contributed by atoms with Crippen molar-refractivity contribution in [2.45, 2.75) is 32.9 Å². The molecule has 5 aromatic rings. The lowest BCUT2D eigenvalue weighted by molar-refractivity contribution is 0.413. The van der Waals surface area contributed by atoms with Gasteiger partial charge in [0.25, 0.3) is 0 Å². The predicted octanol–water partition coefficient (Wildman–Crippen LogP) is 8.43. The zero-order valence-electron chi connectivity index (χ0n) is 23.8. The molecule has 2 atom stereocenters. The van der Waals surface area contributed by atoms with Crippen molar-refractivity contribution in [2.75, 3.05) is 12.0 Å². The minimum absolute atomic E-state index is 0.139. The third-order valence-electron chi connectivity index (χ3n) is 7.71. The molecule has 6 nitrogen and oxygen atoms in total. The van der Waals surface area contributed by atoms with E-state index in [1.165, 1.54) is 0 Å². The summed E-state index contributed by atoms with van der Waals surface area (Å²) in [7, 11) is 1.65. The number of aryl methyl sites for hydroxylation is 2. The number of rotatable bonds is 7. The molecule has 0 saturated carbocycles. The molecule has 6 rings (SSSR count). The van der Waals surface area contributed by atoms with Crippen LogP contribution >= 0.6 is 23.8 Å². The van der Waals surface area contributed by atoms with Crippen molar-refractivity contribution in [1.82, 2.24) is 14.9 Å². The molecule has 8 heteroatoms. The van der Waals surface area contributed by atoms with Crippen LogP contribution in [0.2, 0.25) is 5.02 Å². The van der Waals surface area contributed by atoms with E-state index in [-0.39, 0.29) is 12.1 Å². The van der Waals surface area contributed by atoms with Gasteiger partial charge in [-0.1, -0.05) is 23.7 Å². The van der Waals surface area contributed by atoms with Crippen LogP contribution in [0.25, 0.3) is 5.69 Å². The van der Waals surface area contributed by atoms with Crippen LogP contribution in [0.15, 0.2) is 97.2 Å². The number of nitrogens with zero attached hydrogens (tertiary/aromatic N) is 3. The summed E-state index contributed by atoms with van der Waals surface area (Å²) in [5.41, 5.74) is 7.51. The molecule has 42 heavy (non-hydrogen) atoms. The normalized spacial score (nSPS) is 16.4. The number of methoxy groups -OCH3 is 1. The van der Waals surface area contributed by atoms with Gasteiger partial charge < -0.3 is 24.3 Å². The van der Waals surface area contributed by atoms with E-state index >= 15 is 0 Å². The fourth-order valence-electron chi connectivity index (χ4n) is 5.68. The molecule has 0 spiro atoms. The standard InChI is InChI=1S/C34H31ClN4O2S/c1-21-8-9-24(35)20-31(21)38-22(2)19-29(23(38)3)33-32(30-7-5-6-18-36-30)37-34(42)39(33)25-10-12-27(13-11-25)41-28-16-14-26(40-4)15-17-28/h5-20,32-33H,1-4H3,(H,37,42). The SMILES string of the molecule is COc1ccc(Oc2ccc(N3C(=S)NC(c4ccccn4)C3c3cc(C)n(-c4cc(Cl)ccc4C)c3C)cc2)cc1. The molecule has 0 amide bonds. The highest BCUT2D eigenvalue weighted by Gasteiger charge is 2.42. The topological polar surface area (TPSA) is 51.6 Å². The van der Waals surface area contributed by atoms with Crippen LogP contribution in [0.3, 0.4) is 0 Å². The van der Waals surface area contributed by atoms with Crippen LogP contribution in [-0.4, -0.2) is 21.8 Å². The Kier molecular flexibility index (Phi) is 7.62. The van der Waals surface area contributed by atoms with Crippen LogP contribution in [0.1, 0.15) is 40.3 Å². The molecule has 1 fully saturated rings. The van der Waals surface area contributed by atoms with Gasteiger partial charge in [0.1, 0.15) is 17.2 Å². The lowest BCUT2D eigenvalue weighted by Crippen LogP contribution is -2.29. The molecule has 3 heterocycles. The highest BCUT2D eigenvalue weighted by atomic mass is 35.5. The van der Waals surface area contributed by atoms with Crippen molar-refractivity contribution < 1.29 is 9.47 Å². The zero-order valence-corrected chi connectivity index (χ0v) is 25.4. The second-order valence-corrected chi connectivity index (χ2v) is 11.2. The summed E-state index contributed by atoms with van der Waals surface area (Å²) >= 11 is 12.4. The molecule has 212 valence electrons. The van der Waals surface area contributed by atoms with E-state index in [0.717, 1.165) is 56.8 Å². The lowest BCUT2D eigenvalue weighted by Gasteiger charge is -2.28. The average Bonchev–Trinajstić information content (AvgIpc) is 3.50. The Morgan fingerprint density at radius 3 is 2.21 bits per heavy atom. The Morgan fingerprint density at radius 2 is 1.55 bits per heavy atom. The van der Waals surface area contributed by atoms with Crippen LogP contribution < -0.4 is 19.7 Å². The predicted molar refractivity (Wildman–Crippen MR) is 172 cm³/mol. The molecular weight excluding hydrogens is 564 g/mol. The summed E-state index contributed by atoms with van der Waals surface area (Å²) in [6, 6.07) is 29.5. The molecule has 1 aliphatic rings. The minimum Gasteiger partial charge on any atom is -0.497 e. The quantitative estimate of drug-likeness (QED) is 0.191. The Bertz CT molecular complexity index is 1740. The number of halogens is 1. The van der Waals surface area contributed by atoms with Gasteiger partial charge in [-0.3, -0.25) is 4.98 Å². The number of benzene rings is 3. The van der Waals surface area contributed by atoms with Crippen molar-refractivity contribution in [2.24, 2.45) is 0 Å². The summed E-state index contributed by atoms with van der Waals surface area (Å²) in [6.45, 7) is 6.39. The van der Waals surface area contributed by atoms with E-state index in [9.17, 15) is 0 Å². The minimum atomic E-state index is -0.150. The third kappa shape index (κ3) is 5.22. The Balaban J connectivity index is 1.40. The van der Waals surface area contributed by atoms with Crippen molar-refractivity contribution in [1.29, 1.82) is 0 Å². The number of hydrogen-bond donors (Lipinski definition) is 1. The van der Waals surface area contributed by atoms with Crippen molar-refractivity contribution in [3.63, 3.8) is 0 Å². The van der Waals surface area contributed by atoms with Crippen molar-refractivity contribution >= 4 is 34.6 Å². The van der Waals surface area contributed by atoms with Crippen LogP contribution in [0, 0.1) is 20.8 Å². The molecule has 1 aliphatic heterocycles. The van der Waals surface area contributed by atoms with E-state index in [1.807, 2.05) is 85.1 Å². The Labute approximate surface area is 256 Å². The van der Waals surface area contributed by atoms with Crippen LogP contribution in [0.5, 0.6) is 17.2 Å². The summed E-state index contributed by atoms with van der Waals surface area (Å²) in [5.74, 6) is 2.25. The molecule has 2 unspecified atom stereocenters. The number of hydrogen-bond acceptors (Lipinski definition) is 4. The van der Waals surface area contributed by atoms with Gasteiger partial charge in [0.05, 0.1) is 24.9 Å². The van der Waals surface area contributed by atoms with E-state index in [4.69, 9.17) is 38.3 Å². The monoisotopic (exact) mass is 594 g/mol. The van der Waals surface area contributed by atoms with Crippen molar-refractivity contribution in [3.8, 4) is 22.9 Å². The maximum Gasteiger partial charge on any atom is 0.174 e. The first-order valence-corrected chi connectivity index (χ1v) is 14.5. The molecule has 1 saturated heterocycles. The van der Waals surface area contributed by atoms with Crippen LogP contribution in [0.4, 0.5) is 5.69 Å². The third-order valence-corrected chi connectivity index (χ3v) is 8.26. The van der Waals surface area contributed by atoms with Gasteiger partial charge in [-0.25, -0.2) is 0 Å². The number of pyridine rings is 1. The zero-order chi connectivity index (χ0) is 29.4. The van der Waals surface area contributed by atoms with E-state index in [2.05, 4.69) is 47.7 Å². The van der Waals surface area contributed by atoms with Gasteiger partial charge in [-0.15, -0.1) is 0 Å². The van der Waals surface area contributed by atoms with Gasteiger partial charge in [-0.05, 0) is 123 Å². The summed E-state index contributed by atoms with van der Waals surface area (Å²) < 4.78 is 13.6. The van der Waals surface area contributed by atoms with Gasteiger partial charge in [0.15, 0.2) is 5.11 Å². The summed E-state index contributed by atoms with van der Waals surface area (Å²) in [4.78, 5) is 6.90. The highest BCUT2D eigenvalue weighted by molar-refractivity contribution is 7.80. The molecule has 0 aliphatic carbocycles. The maximum absolute atomic E-state index is 6.44. The second kappa shape index (κ2) is 11.5. The summed E-state index contributed by atoms with van der Waals surface area (Å²) in [5, 5.41) is 4.92. The fraction of sp³-hybridized carbons (Fsp3) is 0.176. The highest BCUT2D eigenvalue weighted by Crippen LogP contribution is 2.44. The number of thiocarbonyl (C=S) groups is 1. The van der Waals surface area contributed by atoms with Gasteiger partial charge >= 0.3 is 0 Å². The van der Waals surface area contributed by atoms with Crippen LogP contribution in [-0.2, 0) is 0 Å². The maximum atomic E-state index is 6.44. The number of anilines is 1. The number of nitrogens with one attached hydrogen (secondary N) is 1. The number of aromatic nitrogens is 2. The molecule has 3 aromatic carbocycles. The Hall–Kier alpha value is -4.33. The molecular formula is C34H31ClN4O2S. The first-order chi connectivity index (χ1) is 20.3. The average molecular weight is 595 g/mol. The first-order valence-electron chi connectivity index (χ1n) is 13.7. The molecule has 2 aromatic heterocycles. The first kappa shape index (κ1) is 27.8. The Morgan fingerprint density at radius 1 is 0.857 bits per heavy atom. The number of ether oxygens (including phenoxy) is 2. The largest absolute Gasteiger partial charge is 0.497 e. The summed E-state index contributed by atoms with van der Waals surface area (Å²) in [6.07, 6.45) is 1.82. The van der Waals surface area contributed by atoms with Gasteiger partial charge in [0.2, 0.25) is 0 Å². The van der Waals surface area contributed by atoms with Crippen molar-refractivity contribution in [3.05, 3.63) is 130 Å². The lowest BCUT2D eigenvalue weighted by atomic mass is 9.96. The molecule has 1 N–H and O–H groups in total. The molecule has 0 radical (unpaired) electrons. The van der Waals surface area contributed by atoms with E-state index in [1.54, 1.807) is 7.11 Å². The van der Waals surface area contributed by atoms with E-state index < -0.39 is 0 Å². The van der Waals surface area contributed by atoms with E-state index in [0.29, 0.717) is 10.1 Å². The second-order valence-electron chi connectivity index (χ2n) is 10.4.